The third-order valence-corrected chi connectivity index (χ3v) is 4.72. The Kier molecular flexibility index (Phi) is 5.30. The van der Waals surface area contributed by atoms with E-state index in [2.05, 4.69) is 18.3 Å². The van der Waals surface area contributed by atoms with Crippen LogP contribution in [0.1, 0.15) is 44.2 Å². The van der Waals surface area contributed by atoms with E-state index in [-0.39, 0.29) is 0 Å². The molecule has 3 unspecified atom stereocenters. The lowest BCUT2D eigenvalue weighted by Crippen LogP contribution is -2.24. The average molecular weight is 277 g/mol. The molecule has 1 aliphatic carbocycles. The molecule has 1 aromatic rings. The van der Waals surface area contributed by atoms with Crippen LogP contribution in [-0.2, 0) is 0 Å². The van der Waals surface area contributed by atoms with E-state index in [0.717, 1.165) is 17.4 Å². The molecule has 0 aromatic heterocycles. The Bertz CT molecular complexity index is 433. The van der Waals surface area contributed by atoms with Crippen LogP contribution in [0.15, 0.2) is 18.2 Å². The minimum Gasteiger partial charge on any atom is -0.497 e. The summed E-state index contributed by atoms with van der Waals surface area (Å²) in [5, 5.41) is 3.50. The largest absolute Gasteiger partial charge is 0.497 e. The second-order valence-corrected chi connectivity index (χ2v) is 5.72. The maximum atomic E-state index is 5.56. The van der Waals surface area contributed by atoms with Gasteiger partial charge in [0.15, 0.2) is 0 Å². The van der Waals surface area contributed by atoms with Crippen molar-refractivity contribution in [3.05, 3.63) is 23.8 Å². The van der Waals surface area contributed by atoms with Gasteiger partial charge in [-0.2, -0.15) is 0 Å². The number of rotatable bonds is 6. The predicted molar refractivity (Wildman–Crippen MR) is 82.5 cm³/mol. The van der Waals surface area contributed by atoms with Crippen molar-refractivity contribution < 1.29 is 9.47 Å². The minimum atomic E-state index is 0.368. The first-order valence-electron chi connectivity index (χ1n) is 7.62. The Balaban J connectivity index is 2.23. The van der Waals surface area contributed by atoms with Gasteiger partial charge in [0.05, 0.1) is 14.2 Å². The summed E-state index contributed by atoms with van der Waals surface area (Å²) >= 11 is 0. The van der Waals surface area contributed by atoms with Gasteiger partial charge >= 0.3 is 0 Å². The van der Waals surface area contributed by atoms with Crippen molar-refractivity contribution in [2.45, 2.75) is 38.6 Å². The summed E-state index contributed by atoms with van der Waals surface area (Å²) in [6.45, 7) is 2.30. The zero-order valence-corrected chi connectivity index (χ0v) is 13.1. The van der Waals surface area contributed by atoms with E-state index in [9.17, 15) is 0 Å². The van der Waals surface area contributed by atoms with Crippen LogP contribution >= 0.6 is 0 Å². The Labute approximate surface area is 122 Å². The molecule has 1 fully saturated rings. The number of nitrogens with one attached hydrogen (secondary N) is 1. The highest BCUT2D eigenvalue weighted by Crippen LogP contribution is 2.43. The lowest BCUT2D eigenvalue weighted by molar-refractivity contribution is 0.346. The molecule has 0 saturated heterocycles. The van der Waals surface area contributed by atoms with E-state index < -0.39 is 0 Å². The smallest absolute Gasteiger partial charge is 0.127 e. The average Bonchev–Trinajstić information content (AvgIpc) is 2.97. The molecule has 3 atom stereocenters. The van der Waals surface area contributed by atoms with Crippen LogP contribution in [0.2, 0.25) is 0 Å². The molecule has 0 aliphatic heterocycles. The van der Waals surface area contributed by atoms with Crippen molar-refractivity contribution in [2.24, 2.45) is 11.8 Å². The van der Waals surface area contributed by atoms with Gasteiger partial charge in [0.1, 0.15) is 11.5 Å². The standard InChI is InChI=1S/C17H27NO2/c1-5-12-6-7-13(10-12)17(18-2)15-9-8-14(19-3)11-16(15)20-4/h8-9,11-13,17-18H,5-7,10H2,1-4H3. The maximum Gasteiger partial charge on any atom is 0.127 e. The van der Waals surface area contributed by atoms with Crippen molar-refractivity contribution in [2.75, 3.05) is 21.3 Å². The second kappa shape index (κ2) is 6.98. The summed E-state index contributed by atoms with van der Waals surface area (Å²) in [6, 6.07) is 6.51. The third-order valence-electron chi connectivity index (χ3n) is 4.72. The lowest BCUT2D eigenvalue weighted by atomic mass is 9.90. The maximum absolute atomic E-state index is 5.56. The molecule has 1 aliphatic rings. The predicted octanol–water partition coefficient (Wildman–Crippen LogP) is 3.79. The molecule has 1 aromatic carbocycles. The van der Waals surface area contributed by atoms with Gasteiger partial charge in [0.25, 0.3) is 0 Å². The van der Waals surface area contributed by atoms with Crippen molar-refractivity contribution in [3.8, 4) is 11.5 Å². The van der Waals surface area contributed by atoms with Gasteiger partial charge in [0, 0.05) is 17.7 Å². The molecular formula is C17H27NO2. The van der Waals surface area contributed by atoms with Crippen LogP contribution in [0.5, 0.6) is 11.5 Å². The summed E-state index contributed by atoms with van der Waals surface area (Å²) in [5.41, 5.74) is 1.25. The molecule has 0 amide bonds. The molecule has 112 valence electrons. The SMILES string of the molecule is CCC1CCC(C(NC)c2ccc(OC)cc2OC)C1. The zero-order chi connectivity index (χ0) is 14.5. The first-order valence-corrected chi connectivity index (χ1v) is 7.62. The first-order chi connectivity index (χ1) is 9.73. The fourth-order valence-corrected chi connectivity index (χ4v) is 3.51. The van der Waals surface area contributed by atoms with Crippen molar-refractivity contribution in [1.82, 2.24) is 5.32 Å². The Hall–Kier alpha value is -1.22. The number of ether oxygens (including phenoxy) is 2. The van der Waals surface area contributed by atoms with E-state index in [0.29, 0.717) is 12.0 Å². The molecule has 2 rings (SSSR count). The van der Waals surface area contributed by atoms with E-state index in [1.807, 2.05) is 19.2 Å². The Morgan fingerprint density at radius 3 is 2.60 bits per heavy atom. The monoisotopic (exact) mass is 277 g/mol. The number of methoxy groups -OCH3 is 2. The molecule has 3 nitrogen and oxygen atoms in total. The molecule has 0 spiro atoms. The highest BCUT2D eigenvalue weighted by atomic mass is 16.5. The van der Waals surface area contributed by atoms with Gasteiger partial charge in [-0.05, 0) is 37.8 Å². The summed E-state index contributed by atoms with van der Waals surface area (Å²) in [6.07, 6.45) is 5.28. The summed E-state index contributed by atoms with van der Waals surface area (Å²) < 4.78 is 10.8. The zero-order valence-electron chi connectivity index (χ0n) is 13.1. The van der Waals surface area contributed by atoms with Gasteiger partial charge in [-0.25, -0.2) is 0 Å². The number of benzene rings is 1. The third kappa shape index (κ3) is 3.09. The topological polar surface area (TPSA) is 30.5 Å². The van der Waals surface area contributed by atoms with E-state index in [4.69, 9.17) is 9.47 Å². The molecule has 0 heterocycles. The summed E-state index contributed by atoms with van der Waals surface area (Å²) in [4.78, 5) is 0. The lowest BCUT2D eigenvalue weighted by Gasteiger charge is -2.25. The molecule has 0 radical (unpaired) electrons. The van der Waals surface area contributed by atoms with Crippen LogP contribution in [0, 0.1) is 11.8 Å². The summed E-state index contributed by atoms with van der Waals surface area (Å²) in [7, 11) is 5.47. The molecule has 3 heteroatoms. The van der Waals surface area contributed by atoms with Crippen molar-refractivity contribution >= 4 is 0 Å². The Morgan fingerprint density at radius 1 is 1.25 bits per heavy atom. The van der Waals surface area contributed by atoms with Gasteiger partial charge < -0.3 is 14.8 Å². The van der Waals surface area contributed by atoms with Gasteiger partial charge in [-0.1, -0.05) is 25.8 Å². The highest BCUT2D eigenvalue weighted by molar-refractivity contribution is 5.42. The minimum absolute atomic E-state index is 0.368. The van der Waals surface area contributed by atoms with Crippen molar-refractivity contribution in [3.63, 3.8) is 0 Å². The molecule has 1 N–H and O–H groups in total. The summed E-state index contributed by atoms with van der Waals surface area (Å²) in [5.74, 6) is 3.36. The van der Waals surface area contributed by atoms with Crippen LogP contribution in [-0.4, -0.2) is 21.3 Å². The fourth-order valence-electron chi connectivity index (χ4n) is 3.51. The van der Waals surface area contributed by atoms with Crippen LogP contribution < -0.4 is 14.8 Å². The molecule has 1 saturated carbocycles. The fraction of sp³-hybridized carbons (Fsp3) is 0.647. The normalized spacial score (nSPS) is 23.6. The number of hydrogen-bond donors (Lipinski definition) is 1. The van der Waals surface area contributed by atoms with Gasteiger partial charge in [0.2, 0.25) is 0 Å². The van der Waals surface area contributed by atoms with Crippen LogP contribution in [0.3, 0.4) is 0 Å². The van der Waals surface area contributed by atoms with Gasteiger partial charge in [-0.3, -0.25) is 0 Å². The van der Waals surface area contributed by atoms with Crippen LogP contribution in [0.4, 0.5) is 0 Å². The van der Waals surface area contributed by atoms with E-state index in [1.165, 1.54) is 31.2 Å². The highest BCUT2D eigenvalue weighted by Gasteiger charge is 2.31. The second-order valence-electron chi connectivity index (χ2n) is 5.72. The molecule has 20 heavy (non-hydrogen) atoms. The number of hydrogen-bond acceptors (Lipinski definition) is 3. The first kappa shape index (κ1) is 15.2. The molecule has 0 bridgehead atoms. The van der Waals surface area contributed by atoms with E-state index in [1.54, 1.807) is 14.2 Å². The van der Waals surface area contributed by atoms with Crippen molar-refractivity contribution in [1.29, 1.82) is 0 Å². The van der Waals surface area contributed by atoms with E-state index >= 15 is 0 Å². The van der Waals surface area contributed by atoms with Gasteiger partial charge in [-0.15, -0.1) is 0 Å². The quantitative estimate of drug-likeness (QED) is 0.858. The van der Waals surface area contributed by atoms with Crippen LogP contribution in [0.25, 0.3) is 0 Å². The Morgan fingerprint density at radius 2 is 2.05 bits per heavy atom. The molecular weight excluding hydrogens is 250 g/mol.